The fraction of sp³-hybridized carbons (Fsp3) is 0.625. The molecule has 0 amide bonds. The maximum atomic E-state index is 10.1. The number of hydrogen-bond donors (Lipinski definition) is 3. The van der Waals surface area contributed by atoms with Crippen molar-refractivity contribution in [3.8, 4) is 11.5 Å². The molecule has 20 heavy (non-hydrogen) atoms. The van der Waals surface area contributed by atoms with Crippen LogP contribution in [0.15, 0.2) is 18.2 Å². The Morgan fingerprint density at radius 3 is 2.65 bits per heavy atom. The first-order valence-electron chi connectivity index (χ1n) is 7.69. The van der Waals surface area contributed by atoms with Crippen molar-refractivity contribution in [1.29, 1.82) is 0 Å². The topological polar surface area (TPSA) is 55.7 Å². The number of piperazine rings is 1. The highest BCUT2D eigenvalue weighted by molar-refractivity contribution is 5.40. The summed E-state index contributed by atoms with van der Waals surface area (Å²) in [5.74, 6) is 0.524. The van der Waals surface area contributed by atoms with E-state index in [9.17, 15) is 10.2 Å². The minimum atomic E-state index is 0.204. The lowest BCUT2D eigenvalue weighted by Gasteiger charge is -2.35. The van der Waals surface area contributed by atoms with E-state index in [-0.39, 0.29) is 11.8 Å². The number of unbranched alkanes of at least 4 members (excludes halogenated alkanes) is 2. The average Bonchev–Trinajstić information content (AvgIpc) is 2.48. The van der Waals surface area contributed by atoms with Gasteiger partial charge in [-0.2, -0.15) is 0 Å². The average molecular weight is 278 g/mol. The van der Waals surface area contributed by atoms with Crippen LogP contribution in [0, 0.1) is 0 Å². The lowest BCUT2D eigenvalue weighted by atomic mass is 9.97. The normalized spacial score (nSPS) is 18.1. The van der Waals surface area contributed by atoms with Gasteiger partial charge in [-0.05, 0) is 24.6 Å². The number of hydrogen-bond acceptors (Lipinski definition) is 4. The van der Waals surface area contributed by atoms with E-state index in [0.717, 1.165) is 44.6 Å². The Kier molecular flexibility index (Phi) is 5.68. The van der Waals surface area contributed by atoms with E-state index in [2.05, 4.69) is 17.1 Å². The molecule has 1 fully saturated rings. The summed E-state index contributed by atoms with van der Waals surface area (Å²) in [5, 5.41) is 23.2. The van der Waals surface area contributed by atoms with Gasteiger partial charge < -0.3 is 15.5 Å². The van der Waals surface area contributed by atoms with Gasteiger partial charge in [0.05, 0.1) is 0 Å². The van der Waals surface area contributed by atoms with Crippen molar-refractivity contribution >= 4 is 0 Å². The van der Waals surface area contributed by atoms with Crippen LogP contribution in [0.4, 0.5) is 0 Å². The fourth-order valence-electron chi connectivity index (χ4n) is 2.93. The van der Waals surface area contributed by atoms with Crippen molar-refractivity contribution in [2.24, 2.45) is 0 Å². The third kappa shape index (κ3) is 3.87. The SMILES string of the molecule is CCCCC[C@H](c1cc(O)ccc1O)N1CCNCC1. The Morgan fingerprint density at radius 1 is 1.20 bits per heavy atom. The van der Waals surface area contributed by atoms with Crippen molar-refractivity contribution in [3.63, 3.8) is 0 Å². The maximum absolute atomic E-state index is 10.1. The summed E-state index contributed by atoms with van der Waals surface area (Å²) in [6, 6.07) is 5.06. The zero-order valence-corrected chi connectivity index (χ0v) is 12.3. The predicted molar refractivity (Wildman–Crippen MR) is 81.1 cm³/mol. The maximum Gasteiger partial charge on any atom is 0.120 e. The van der Waals surface area contributed by atoms with Gasteiger partial charge in [0.1, 0.15) is 11.5 Å². The van der Waals surface area contributed by atoms with Gasteiger partial charge in [0.15, 0.2) is 0 Å². The molecule has 1 aliphatic heterocycles. The molecular formula is C16H26N2O2. The van der Waals surface area contributed by atoms with Crippen LogP contribution in [0.1, 0.15) is 44.2 Å². The van der Waals surface area contributed by atoms with Crippen molar-refractivity contribution < 1.29 is 10.2 Å². The van der Waals surface area contributed by atoms with E-state index in [1.54, 1.807) is 18.2 Å². The van der Waals surface area contributed by atoms with Gasteiger partial charge in [-0.1, -0.05) is 26.2 Å². The summed E-state index contributed by atoms with van der Waals surface area (Å²) < 4.78 is 0. The summed E-state index contributed by atoms with van der Waals surface area (Å²) in [6.45, 7) is 6.16. The minimum Gasteiger partial charge on any atom is -0.508 e. The zero-order valence-electron chi connectivity index (χ0n) is 12.3. The lowest BCUT2D eigenvalue weighted by Crippen LogP contribution is -2.45. The first-order chi connectivity index (χ1) is 9.72. The second-order valence-corrected chi connectivity index (χ2v) is 5.54. The Bertz CT molecular complexity index is 417. The number of phenolic OH excluding ortho intramolecular Hbond substituents is 2. The highest BCUT2D eigenvalue weighted by Gasteiger charge is 2.24. The molecule has 112 valence electrons. The van der Waals surface area contributed by atoms with E-state index in [0.29, 0.717) is 5.75 Å². The first-order valence-corrected chi connectivity index (χ1v) is 7.69. The summed E-state index contributed by atoms with van der Waals surface area (Å²) >= 11 is 0. The number of rotatable bonds is 6. The third-order valence-electron chi connectivity index (χ3n) is 4.04. The number of phenols is 2. The van der Waals surface area contributed by atoms with Crippen LogP contribution in [-0.2, 0) is 0 Å². The number of nitrogens with zero attached hydrogens (tertiary/aromatic N) is 1. The fourth-order valence-corrected chi connectivity index (χ4v) is 2.93. The monoisotopic (exact) mass is 278 g/mol. The molecule has 1 aromatic rings. The van der Waals surface area contributed by atoms with Gasteiger partial charge in [-0.15, -0.1) is 0 Å². The van der Waals surface area contributed by atoms with Gasteiger partial charge in [-0.3, -0.25) is 4.90 Å². The van der Waals surface area contributed by atoms with E-state index < -0.39 is 0 Å². The number of nitrogens with one attached hydrogen (secondary N) is 1. The molecule has 0 saturated carbocycles. The molecule has 0 aliphatic carbocycles. The van der Waals surface area contributed by atoms with Gasteiger partial charge in [0, 0.05) is 37.8 Å². The van der Waals surface area contributed by atoms with Crippen LogP contribution in [-0.4, -0.2) is 41.3 Å². The molecule has 1 aliphatic rings. The van der Waals surface area contributed by atoms with Crippen LogP contribution in [0.5, 0.6) is 11.5 Å². The van der Waals surface area contributed by atoms with E-state index in [1.165, 1.54) is 12.8 Å². The molecule has 2 rings (SSSR count). The molecule has 1 atom stereocenters. The smallest absolute Gasteiger partial charge is 0.120 e. The molecule has 0 spiro atoms. The van der Waals surface area contributed by atoms with Crippen LogP contribution in [0.2, 0.25) is 0 Å². The molecule has 0 radical (unpaired) electrons. The molecule has 4 nitrogen and oxygen atoms in total. The largest absolute Gasteiger partial charge is 0.508 e. The van der Waals surface area contributed by atoms with Gasteiger partial charge >= 0.3 is 0 Å². The molecule has 0 bridgehead atoms. The summed E-state index contributed by atoms with van der Waals surface area (Å²) in [6.07, 6.45) is 4.59. The van der Waals surface area contributed by atoms with Gasteiger partial charge in [0.2, 0.25) is 0 Å². The van der Waals surface area contributed by atoms with Crippen molar-refractivity contribution in [2.75, 3.05) is 26.2 Å². The zero-order chi connectivity index (χ0) is 14.4. The molecule has 3 N–H and O–H groups in total. The van der Waals surface area contributed by atoms with Crippen molar-refractivity contribution in [3.05, 3.63) is 23.8 Å². The summed E-state index contributed by atoms with van der Waals surface area (Å²) in [5.41, 5.74) is 0.864. The van der Waals surface area contributed by atoms with Crippen LogP contribution in [0.3, 0.4) is 0 Å². The Balaban J connectivity index is 2.17. The number of aromatic hydroxyl groups is 2. The van der Waals surface area contributed by atoms with E-state index in [1.807, 2.05) is 0 Å². The Hall–Kier alpha value is -1.26. The van der Waals surface area contributed by atoms with Gasteiger partial charge in [-0.25, -0.2) is 0 Å². The highest BCUT2D eigenvalue weighted by atomic mass is 16.3. The van der Waals surface area contributed by atoms with Crippen LogP contribution in [0.25, 0.3) is 0 Å². The summed E-state index contributed by atoms with van der Waals surface area (Å²) in [4.78, 5) is 2.42. The summed E-state index contributed by atoms with van der Waals surface area (Å²) in [7, 11) is 0. The van der Waals surface area contributed by atoms with Crippen molar-refractivity contribution in [1.82, 2.24) is 10.2 Å². The van der Waals surface area contributed by atoms with E-state index >= 15 is 0 Å². The molecule has 0 aromatic heterocycles. The Morgan fingerprint density at radius 2 is 1.95 bits per heavy atom. The number of benzene rings is 1. The van der Waals surface area contributed by atoms with Crippen molar-refractivity contribution in [2.45, 2.75) is 38.6 Å². The molecule has 1 aromatic carbocycles. The standard InChI is InChI=1S/C16H26N2O2/c1-2-3-4-5-15(18-10-8-17-9-11-18)14-12-13(19)6-7-16(14)20/h6-7,12,15,17,19-20H,2-5,8-11H2,1H3/t15-/m1/s1. The Labute approximate surface area is 121 Å². The predicted octanol–water partition coefficient (Wildman–Crippen LogP) is 2.62. The molecular weight excluding hydrogens is 252 g/mol. The molecule has 0 unspecified atom stereocenters. The second kappa shape index (κ2) is 7.50. The molecule has 4 heteroatoms. The third-order valence-corrected chi connectivity index (χ3v) is 4.04. The lowest BCUT2D eigenvalue weighted by molar-refractivity contribution is 0.160. The van der Waals surface area contributed by atoms with Crippen LogP contribution < -0.4 is 5.32 Å². The quantitative estimate of drug-likeness (QED) is 0.553. The van der Waals surface area contributed by atoms with Gasteiger partial charge in [0.25, 0.3) is 0 Å². The minimum absolute atomic E-state index is 0.204. The van der Waals surface area contributed by atoms with Crippen LogP contribution >= 0.6 is 0 Å². The molecule has 1 saturated heterocycles. The highest BCUT2D eigenvalue weighted by Crippen LogP contribution is 2.35. The first kappa shape index (κ1) is 15.1. The second-order valence-electron chi connectivity index (χ2n) is 5.54. The van der Waals surface area contributed by atoms with E-state index in [4.69, 9.17) is 0 Å². The molecule has 1 heterocycles.